The third-order valence-corrected chi connectivity index (χ3v) is 2.70. The van der Waals surface area contributed by atoms with Crippen LogP contribution in [0.3, 0.4) is 0 Å². The van der Waals surface area contributed by atoms with Crippen LogP contribution in [0.2, 0.25) is 5.02 Å². The van der Waals surface area contributed by atoms with Gasteiger partial charge >= 0.3 is 0 Å². The highest BCUT2D eigenvalue weighted by Crippen LogP contribution is 2.21. The maximum Gasteiger partial charge on any atom is 0.179 e. The summed E-state index contributed by atoms with van der Waals surface area (Å²) in [5.41, 5.74) is 1.52. The highest BCUT2D eigenvalue weighted by atomic mass is 79.9. The Bertz CT molecular complexity index is 476. The smallest absolute Gasteiger partial charge is 0.179 e. The van der Waals surface area contributed by atoms with E-state index in [9.17, 15) is 0 Å². The minimum atomic E-state index is 0.553. The zero-order valence-electron chi connectivity index (χ0n) is 7.69. The maximum atomic E-state index is 6.00. The first-order valence-electron chi connectivity index (χ1n) is 4.30. The molecule has 15 heavy (non-hydrogen) atoms. The van der Waals surface area contributed by atoms with Gasteiger partial charge < -0.3 is 0 Å². The Hall–Kier alpha value is -1.000. The van der Waals surface area contributed by atoms with Gasteiger partial charge in [-0.2, -0.15) is 0 Å². The lowest BCUT2D eigenvalue weighted by molar-refractivity contribution is 1.08. The predicted molar refractivity (Wildman–Crippen MR) is 62.9 cm³/mol. The molecule has 2 aromatic heterocycles. The highest BCUT2D eigenvalue weighted by Gasteiger charge is 2.07. The number of rotatable bonds is 2. The van der Waals surface area contributed by atoms with Crippen molar-refractivity contribution in [2.24, 2.45) is 0 Å². The van der Waals surface area contributed by atoms with Gasteiger partial charge in [0.25, 0.3) is 0 Å². The molecule has 0 radical (unpaired) electrons. The van der Waals surface area contributed by atoms with E-state index in [0.717, 1.165) is 5.69 Å². The van der Waals surface area contributed by atoms with E-state index in [4.69, 9.17) is 11.6 Å². The third kappa shape index (κ3) is 2.33. The molecular weight excluding hydrogens is 277 g/mol. The topological polar surface area (TPSA) is 38.7 Å². The lowest BCUT2D eigenvalue weighted by Crippen LogP contribution is -1.94. The zero-order valence-corrected chi connectivity index (χ0v) is 10.0. The Morgan fingerprint density at radius 2 is 2.07 bits per heavy atom. The molecule has 0 saturated carbocycles. The largest absolute Gasteiger partial charge is 0.251 e. The summed E-state index contributed by atoms with van der Waals surface area (Å²) in [5, 5.41) is 1.25. The van der Waals surface area contributed by atoms with Crippen LogP contribution in [0.4, 0.5) is 0 Å². The number of halogens is 2. The molecule has 3 nitrogen and oxygen atoms in total. The number of nitrogens with zero attached hydrogens (tertiary/aromatic N) is 3. The molecule has 5 heteroatoms. The first kappa shape index (κ1) is 10.5. The summed E-state index contributed by atoms with van der Waals surface area (Å²) in [7, 11) is 0. The number of hydrogen-bond donors (Lipinski definition) is 0. The van der Waals surface area contributed by atoms with Crippen molar-refractivity contribution in [2.45, 2.75) is 5.33 Å². The fourth-order valence-corrected chi connectivity index (χ4v) is 1.65. The van der Waals surface area contributed by atoms with E-state index in [1.165, 1.54) is 0 Å². The lowest BCUT2D eigenvalue weighted by atomic mass is 10.3. The molecule has 0 bridgehead atoms. The Labute approximate surface area is 101 Å². The minimum Gasteiger partial charge on any atom is -0.251 e. The standard InChI is InChI=1S/C10H7BrClN3/c11-6-7-3-5-14-10(15-7)9-8(12)2-1-4-13-9/h1-5H,6H2. The van der Waals surface area contributed by atoms with Crippen LogP contribution in [0, 0.1) is 0 Å². The van der Waals surface area contributed by atoms with Crippen molar-refractivity contribution < 1.29 is 0 Å². The lowest BCUT2D eigenvalue weighted by Gasteiger charge is -2.02. The molecule has 2 rings (SSSR count). The van der Waals surface area contributed by atoms with Gasteiger partial charge in [-0.25, -0.2) is 9.97 Å². The molecule has 0 aliphatic heterocycles. The second-order valence-electron chi connectivity index (χ2n) is 2.84. The number of pyridine rings is 1. The van der Waals surface area contributed by atoms with Gasteiger partial charge in [-0.15, -0.1) is 0 Å². The van der Waals surface area contributed by atoms with E-state index in [2.05, 4.69) is 30.9 Å². The van der Waals surface area contributed by atoms with E-state index < -0.39 is 0 Å². The first-order valence-corrected chi connectivity index (χ1v) is 5.80. The van der Waals surface area contributed by atoms with Crippen LogP contribution in [0.1, 0.15) is 5.69 Å². The summed E-state index contributed by atoms with van der Waals surface area (Å²) < 4.78 is 0. The predicted octanol–water partition coefficient (Wildman–Crippen LogP) is 3.09. The average molecular weight is 285 g/mol. The van der Waals surface area contributed by atoms with Crippen molar-refractivity contribution in [3.63, 3.8) is 0 Å². The number of hydrogen-bond acceptors (Lipinski definition) is 3. The van der Waals surface area contributed by atoms with E-state index in [1.807, 2.05) is 6.07 Å². The van der Waals surface area contributed by atoms with Crippen LogP contribution in [0.5, 0.6) is 0 Å². The van der Waals surface area contributed by atoms with Crippen molar-refractivity contribution in [3.05, 3.63) is 41.3 Å². The summed E-state index contributed by atoms with van der Waals surface area (Å²) in [5.74, 6) is 0.553. The first-order chi connectivity index (χ1) is 7.31. The van der Waals surface area contributed by atoms with E-state index in [1.54, 1.807) is 24.5 Å². The summed E-state index contributed by atoms with van der Waals surface area (Å²) >= 11 is 9.34. The molecule has 0 fully saturated rings. The molecular formula is C10H7BrClN3. The molecule has 0 N–H and O–H groups in total. The van der Waals surface area contributed by atoms with Gasteiger partial charge in [0.2, 0.25) is 0 Å². The molecule has 2 aromatic rings. The second-order valence-corrected chi connectivity index (χ2v) is 3.81. The van der Waals surface area contributed by atoms with Gasteiger partial charge in [-0.05, 0) is 18.2 Å². The average Bonchev–Trinajstić information content (AvgIpc) is 2.30. The fourth-order valence-electron chi connectivity index (χ4n) is 1.13. The monoisotopic (exact) mass is 283 g/mol. The van der Waals surface area contributed by atoms with Crippen molar-refractivity contribution in [1.82, 2.24) is 15.0 Å². The normalized spacial score (nSPS) is 10.3. The number of aromatic nitrogens is 3. The second kappa shape index (κ2) is 4.68. The Morgan fingerprint density at radius 3 is 2.80 bits per heavy atom. The van der Waals surface area contributed by atoms with Gasteiger partial charge in [0.05, 0.1) is 10.7 Å². The minimum absolute atomic E-state index is 0.553. The van der Waals surface area contributed by atoms with Crippen molar-refractivity contribution in [2.75, 3.05) is 0 Å². The van der Waals surface area contributed by atoms with Crippen LogP contribution in [-0.2, 0) is 5.33 Å². The quantitative estimate of drug-likeness (QED) is 0.796. The van der Waals surface area contributed by atoms with E-state index in [-0.39, 0.29) is 0 Å². The number of alkyl halides is 1. The molecule has 76 valence electrons. The Kier molecular flexibility index (Phi) is 3.28. The molecule has 0 saturated heterocycles. The summed E-state index contributed by atoms with van der Waals surface area (Å²) in [6.07, 6.45) is 3.37. The van der Waals surface area contributed by atoms with Gasteiger partial charge in [-0.1, -0.05) is 27.5 Å². The van der Waals surface area contributed by atoms with Gasteiger partial charge in [0, 0.05) is 17.7 Å². The highest BCUT2D eigenvalue weighted by molar-refractivity contribution is 9.08. The molecule has 0 atom stereocenters. The van der Waals surface area contributed by atoms with Crippen LogP contribution >= 0.6 is 27.5 Å². The molecule has 0 spiro atoms. The van der Waals surface area contributed by atoms with E-state index >= 15 is 0 Å². The van der Waals surface area contributed by atoms with Crippen molar-refractivity contribution >= 4 is 27.5 Å². The van der Waals surface area contributed by atoms with Crippen LogP contribution in [-0.4, -0.2) is 15.0 Å². The molecule has 0 aromatic carbocycles. The van der Waals surface area contributed by atoms with Gasteiger partial charge in [0.1, 0.15) is 5.69 Å². The van der Waals surface area contributed by atoms with Crippen LogP contribution < -0.4 is 0 Å². The SMILES string of the molecule is Clc1cccnc1-c1nccc(CBr)n1. The van der Waals surface area contributed by atoms with Crippen molar-refractivity contribution in [1.29, 1.82) is 0 Å². The van der Waals surface area contributed by atoms with Crippen LogP contribution in [0.25, 0.3) is 11.5 Å². The molecule has 0 aliphatic rings. The van der Waals surface area contributed by atoms with Gasteiger partial charge in [0.15, 0.2) is 5.82 Å². The molecule has 0 unspecified atom stereocenters. The fraction of sp³-hybridized carbons (Fsp3) is 0.100. The summed E-state index contributed by atoms with van der Waals surface area (Å²) in [6, 6.07) is 5.39. The Balaban J connectivity index is 2.49. The maximum absolute atomic E-state index is 6.00. The molecule has 0 amide bonds. The van der Waals surface area contributed by atoms with Crippen molar-refractivity contribution in [3.8, 4) is 11.5 Å². The Morgan fingerprint density at radius 1 is 1.20 bits per heavy atom. The summed E-state index contributed by atoms with van der Waals surface area (Å²) in [6.45, 7) is 0. The molecule has 2 heterocycles. The van der Waals surface area contributed by atoms with Gasteiger partial charge in [-0.3, -0.25) is 4.98 Å². The zero-order chi connectivity index (χ0) is 10.7. The van der Waals surface area contributed by atoms with E-state index in [0.29, 0.717) is 21.9 Å². The van der Waals surface area contributed by atoms with Crippen LogP contribution in [0.15, 0.2) is 30.6 Å². The summed E-state index contributed by atoms with van der Waals surface area (Å²) in [4.78, 5) is 12.6. The third-order valence-electron chi connectivity index (χ3n) is 1.82. The molecule has 0 aliphatic carbocycles.